The standard InChI is InChI=1S/C14H24N4/c1-6-7-8-9-18(11(2)3)14-13(10-15)12(4)16-17(14)5/h11H,6-9H2,1-5H3. The summed E-state index contributed by atoms with van der Waals surface area (Å²) in [5, 5.41) is 13.7. The molecule has 0 unspecified atom stereocenters. The molecule has 0 aliphatic carbocycles. The van der Waals surface area contributed by atoms with E-state index in [9.17, 15) is 5.26 Å². The highest BCUT2D eigenvalue weighted by Crippen LogP contribution is 2.24. The second kappa shape index (κ2) is 6.44. The van der Waals surface area contributed by atoms with E-state index < -0.39 is 0 Å². The van der Waals surface area contributed by atoms with Crippen molar-refractivity contribution in [2.75, 3.05) is 11.4 Å². The molecule has 0 aliphatic heterocycles. The van der Waals surface area contributed by atoms with Crippen LogP contribution < -0.4 is 4.90 Å². The number of unbranched alkanes of at least 4 members (excludes halogenated alkanes) is 2. The maximum atomic E-state index is 9.28. The van der Waals surface area contributed by atoms with Gasteiger partial charge in [0.05, 0.1) is 5.69 Å². The zero-order valence-electron chi connectivity index (χ0n) is 12.2. The fourth-order valence-corrected chi connectivity index (χ4v) is 2.25. The van der Waals surface area contributed by atoms with Gasteiger partial charge in [-0.25, -0.2) is 0 Å². The van der Waals surface area contributed by atoms with Crippen LogP contribution in [0.5, 0.6) is 0 Å². The van der Waals surface area contributed by atoms with Gasteiger partial charge in [0.1, 0.15) is 17.5 Å². The van der Waals surface area contributed by atoms with Gasteiger partial charge in [-0.3, -0.25) is 4.68 Å². The first kappa shape index (κ1) is 14.6. The second-order valence-corrected chi connectivity index (χ2v) is 5.01. The molecule has 0 N–H and O–H groups in total. The Bertz CT molecular complexity index is 426. The molecule has 0 atom stereocenters. The molecule has 0 bridgehead atoms. The molecule has 0 fully saturated rings. The zero-order valence-corrected chi connectivity index (χ0v) is 12.2. The minimum atomic E-state index is 0.378. The maximum Gasteiger partial charge on any atom is 0.145 e. The SMILES string of the molecule is CCCCCN(c1c(C#N)c(C)nn1C)C(C)C. The van der Waals surface area contributed by atoms with E-state index in [0.29, 0.717) is 11.6 Å². The van der Waals surface area contributed by atoms with Gasteiger partial charge in [0.25, 0.3) is 0 Å². The van der Waals surface area contributed by atoms with Crippen LogP contribution in [0.1, 0.15) is 51.3 Å². The molecule has 0 spiro atoms. The number of nitriles is 1. The Kier molecular flexibility index (Phi) is 5.21. The third-order valence-electron chi connectivity index (χ3n) is 3.20. The lowest BCUT2D eigenvalue weighted by Gasteiger charge is -2.29. The van der Waals surface area contributed by atoms with Gasteiger partial charge < -0.3 is 4.90 Å². The zero-order chi connectivity index (χ0) is 13.7. The summed E-state index contributed by atoms with van der Waals surface area (Å²) in [7, 11) is 1.92. The number of anilines is 1. The van der Waals surface area contributed by atoms with Gasteiger partial charge in [-0.1, -0.05) is 19.8 Å². The number of rotatable bonds is 6. The Morgan fingerprint density at radius 3 is 2.56 bits per heavy atom. The lowest BCUT2D eigenvalue weighted by Crippen LogP contribution is -2.34. The molecule has 1 aromatic rings. The molecule has 4 heteroatoms. The first-order valence-electron chi connectivity index (χ1n) is 6.73. The molecule has 1 aromatic heterocycles. The van der Waals surface area contributed by atoms with Crippen molar-refractivity contribution in [3.8, 4) is 6.07 Å². The molecule has 4 nitrogen and oxygen atoms in total. The van der Waals surface area contributed by atoms with Crippen LogP contribution in [0.25, 0.3) is 0 Å². The Morgan fingerprint density at radius 1 is 1.39 bits per heavy atom. The lowest BCUT2D eigenvalue weighted by molar-refractivity contribution is 0.599. The van der Waals surface area contributed by atoms with E-state index in [1.54, 1.807) is 0 Å². The van der Waals surface area contributed by atoms with Crippen LogP contribution in [0.3, 0.4) is 0 Å². The van der Waals surface area contributed by atoms with E-state index >= 15 is 0 Å². The monoisotopic (exact) mass is 248 g/mol. The fourth-order valence-electron chi connectivity index (χ4n) is 2.25. The van der Waals surface area contributed by atoms with Gasteiger partial charge in [0.15, 0.2) is 0 Å². The molecule has 18 heavy (non-hydrogen) atoms. The number of aromatic nitrogens is 2. The predicted molar refractivity (Wildman–Crippen MR) is 74.7 cm³/mol. The van der Waals surface area contributed by atoms with Crippen molar-refractivity contribution in [3.05, 3.63) is 11.3 Å². The van der Waals surface area contributed by atoms with Crippen molar-refractivity contribution in [2.24, 2.45) is 7.05 Å². The molecule has 0 amide bonds. The normalized spacial score (nSPS) is 10.7. The van der Waals surface area contributed by atoms with Gasteiger partial charge >= 0.3 is 0 Å². The Balaban J connectivity index is 3.02. The van der Waals surface area contributed by atoms with Crippen molar-refractivity contribution in [3.63, 3.8) is 0 Å². The third kappa shape index (κ3) is 3.04. The van der Waals surface area contributed by atoms with Gasteiger partial charge in [0.2, 0.25) is 0 Å². The quantitative estimate of drug-likeness (QED) is 0.727. The predicted octanol–water partition coefficient (Wildman–Crippen LogP) is 3.01. The average molecular weight is 248 g/mol. The summed E-state index contributed by atoms with van der Waals surface area (Å²) in [6.07, 6.45) is 3.59. The van der Waals surface area contributed by atoms with E-state index in [0.717, 1.165) is 24.5 Å². The highest BCUT2D eigenvalue weighted by atomic mass is 15.4. The summed E-state index contributed by atoms with van der Waals surface area (Å²) >= 11 is 0. The topological polar surface area (TPSA) is 44.9 Å². The van der Waals surface area contributed by atoms with Crippen molar-refractivity contribution in [1.82, 2.24) is 9.78 Å². The highest BCUT2D eigenvalue weighted by molar-refractivity contribution is 5.57. The van der Waals surface area contributed by atoms with Gasteiger partial charge in [-0.15, -0.1) is 0 Å². The minimum absolute atomic E-state index is 0.378. The molecule has 0 saturated heterocycles. The van der Waals surface area contributed by atoms with Crippen LogP contribution in [0.15, 0.2) is 0 Å². The van der Waals surface area contributed by atoms with Gasteiger partial charge in [0, 0.05) is 19.6 Å². The number of aryl methyl sites for hydroxylation is 2. The van der Waals surface area contributed by atoms with Crippen LogP contribution in [-0.2, 0) is 7.05 Å². The first-order valence-corrected chi connectivity index (χ1v) is 6.73. The van der Waals surface area contributed by atoms with E-state index in [2.05, 4.69) is 36.8 Å². The molecule has 0 aromatic carbocycles. The Hall–Kier alpha value is -1.50. The van der Waals surface area contributed by atoms with Crippen molar-refractivity contribution >= 4 is 5.82 Å². The molecular formula is C14H24N4. The van der Waals surface area contributed by atoms with E-state index in [1.807, 2.05) is 18.7 Å². The number of hydrogen-bond acceptors (Lipinski definition) is 3. The van der Waals surface area contributed by atoms with E-state index in [-0.39, 0.29) is 0 Å². The van der Waals surface area contributed by atoms with E-state index in [1.165, 1.54) is 12.8 Å². The number of nitrogens with zero attached hydrogens (tertiary/aromatic N) is 4. The first-order chi connectivity index (χ1) is 8.52. The van der Waals surface area contributed by atoms with Crippen LogP contribution >= 0.6 is 0 Å². The molecule has 1 heterocycles. The average Bonchev–Trinajstić information content (AvgIpc) is 2.59. The smallest absolute Gasteiger partial charge is 0.145 e. The van der Waals surface area contributed by atoms with Crippen LogP contribution in [0, 0.1) is 18.3 Å². The molecule has 1 rings (SSSR count). The second-order valence-electron chi connectivity index (χ2n) is 5.01. The molecule has 0 aliphatic rings. The Morgan fingerprint density at radius 2 is 2.06 bits per heavy atom. The van der Waals surface area contributed by atoms with Crippen molar-refractivity contribution < 1.29 is 0 Å². The summed E-state index contributed by atoms with van der Waals surface area (Å²) in [4.78, 5) is 2.29. The summed E-state index contributed by atoms with van der Waals surface area (Å²) in [5.41, 5.74) is 1.53. The molecular weight excluding hydrogens is 224 g/mol. The van der Waals surface area contributed by atoms with E-state index in [4.69, 9.17) is 0 Å². The summed E-state index contributed by atoms with van der Waals surface area (Å²) < 4.78 is 1.83. The van der Waals surface area contributed by atoms with Gasteiger partial charge in [-0.2, -0.15) is 10.4 Å². The minimum Gasteiger partial charge on any atom is -0.353 e. The molecule has 0 saturated carbocycles. The van der Waals surface area contributed by atoms with Crippen LogP contribution in [-0.4, -0.2) is 22.4 Å². The largest absolute Gasteiger partial charge is 0.353 e. The van der Waals surface area contributed by atoms with Crippen molar-refractivity contribution in [1.29, 1.82) is 5.26 Å². The molecule has 100 valence electrons. The summed E-state index contributed by atoms with van der Waals surface area (Å²) in [6.45, 7) is 9.41. The highest BCUT2D eigenvalue weighted by Gasteiger charge is 2.20. The maximum absolute atomic E-state index is 9.28. The summed E-state index contributed by atoms with van der Waals surface area (Å²) in [6, 6.07) is 2.66. The van der Waals surface area contributed by atoms with Crippen molar-refractivity contribution in [2.45, 2.75) is 53.0 Å². The number of hydrogen-bond donors (Lipinski definition) is 0. The van der Waals surface area contributed by atoms with Gasteiger partial charge in [-0.05, 0) is 27.2 Å². The fraction of sp³-hybridized carbons (Fsp3) is 0.714. The lowest BCUT2D eigenvalue weighted by atomic mass is 10.2. The van der Waals surface area contributed by atoms with Crippen LogP contribution in [0.4, 0.5) is 5.82 Å². The van der Waals surface area contributed by atoms with Crippen LogP contribution in [0.2, 0.25) is 0 Å². The third-order valence-corrected chi connectivity index (χ3v) is 3.20. The Labute approximate surface area is 110 Å². The molecule has 0 radical (unpaired) electrons. The summed E-state index contributed by atoms with van der Waals surface area (Å²) in [5.74, 6) is 0.959.